The first kappa shape index (κ1) is 15.3. The topological polar surface area (TPSA) is 54.8 Å². The van der Waals surface area contributed by atoms with Crippen LogP contribution in [-0.2, 0) is 0 Å². The molecule has 6 heteroatoms. The van der Waals surface area contributed by atoms with Gasteiger partial charge in [-0.25, -0.2) is 14.4 Å². The first-order valence-corrected chi connectivity index (χ1v) is 7.60. The highest BCUT2D eigenvalue weighted by atomic mass is 19.1. The third-order valence-corrected chi connectivity index (χ3v) is 3.73. The first-order chi connectivity index (χ1) is 11.1. The van der Waals surface area contributed by atoms with Gasteiger partial charge in [0.05, 0.1) is 23.5 Å². The van der Waals surface area contributed by atoms with E-state index in [9.17, 15) is 4.39 Å². The van der Waals surface area contributed by atoms with Gasteiger partial charge in [0.15, 0.2) is 11.6 Å². The molecule has 3 aromatic heterocycles. The van der Waals surface area contributed by atoms with Crippen molar-refractivity contribution >= 4 is 16.7 Å². The Bertz CT molecular complexity index is 834. The molecule has 3 aromatic rings. The van der Waals surface area contributed by atoms with E-state index in [0.29, 0.717) is 16.9 Å². The van der Waals surface area contributed by atoms with Gasteiger partial charge < -0.3 is 4.90 Å². The van der Waals surface area contributed by atoms with Crippen LogP contribution in [0.25, 0.3) is 22.3 Å². The lowest BCUT2D eigenvalue weighted by Gasteiger charge is -2.27. The summed E-state index contributed by atoms with van der Waals surface area (Å²) in [5.41, 5.74) is 1.04. The fourth-order valence-electron chi connectivity index (χ4n) is 2.62. The fourth-order valence-corrected chi connectivity index (χ4v) is 2.62. The van der Waals surface area contributed by atoms with Crippen molar-refractivity contribution in [3.8, 4) is 11.4 Å². The molecule has 0 N–H and O–H groups in total. The molecule has 0 aromatic carbocycles. The van der Waals surface area contributed by atoms with Crippen molar-refractivity contribution in [2.24, 2.45) is 0 Å². The van der Waals surface area contributed by atoms with E-state index in [1.165, 1.54) is 12.4 Å². The van der Waals surface area contributed by atoms with Crippen LogP contribution >= 0.6 is 0 Å². The summed E-state index contributed by atoms with van der Waals surface area (Å²) in [4.78, 5) is 19.2. The van der Waals surface area contributed by atoms with Gasteiger partial charge in [-0.3, -0.25) is 9.97 Å². The normalized spacial score (nSPS) is 11.2. The molecule has 0 atom stereocenters. The average Bonchev–Trinajstić information content (AvgIpc) is 2.55. The molecule has 0 amide bonds. The minimum atomic E-state index is -0.436. The van der Waals surface area contributed by atoms with Gasteiger partial charge in [0.2, 0.25) is 0 Å². The Balaban J connectivity index is 2.28. The zero-order chi connectivity index (χ0) is 16.4. The lowest BCUT2D eigenvalue weighted by atomic mass is 10.2. The average molecular weight is 311 g/mol. The van der Waals surface area contributed by atoms with Crippen molar-refractivity contribution in [1.82, 2.24) is 19.9 Å². The number of aromatic nitrogens is 4. The Hall–Kier alpha value is -2.63. The van der Waals surface area contributed by atoms with Gasteiger partial charge >= 0.3 is 0 Å². The molecule has 5 nitrogen and oxygen atoms in total. The van der Waals surface area contributed by atoms with Crippen LogP contribution in [0.3, 0.4) is 0 Å². The van der Waals surface area contributed by atoms with Gasteiger partial charge in [0.25, 0.3) is 0 Å². The zero-order valence-corrected chi connectivity index (χ0v) is 13.4. The van der Waals surface area contributed by atoms with Crippen LogP contribution in [0.5, 0.6) is 0 Å². The van der Waals surface area contributed by atoms with Crippen LogP contribution in [-0.4, -0.2) is 32.5 Å². The number of pyridine rings is 2. The largest absolute Gasteiger partial charge is 0.354 e. The molecule has 3 rings (SSSR count). The molecule has 0 bridgehead atoms. The number of hydrogen-bond donors (Lipinski definition) is 0. The molecular formula is C17H18FN5. The van der Waals surface area contributed by atoms with Crippen molar-refractivity contribution in [2.45, 2.75) is 26.8 Å². The Morgan fingerprint density at radius 1 is 1.09 bits per heavy atom. The van der Waals surface area contributed by atoms with Gasteiger partial charge in [0.1, 0.15) is 5.82 Å². The second-order valence-corrected chi connectivity index (χ2v) is 5.50. The van der Waals surface area contributed by atoms with Crippen LogP contribution < -0.4 is 4.90 Å². The standard InChI is InChI=1S/C17H18FN5/c1-4-23(11(2)3)17-13-6-8-20-10-15(13)21-16(22-17)12-5-7-19-9-14(12)18/h5-11H,4H2,1-3H3. The number of nitrogens with zero attached hydrogens (tertiary/aromatic N) is 5. The van der Waals surface area contributed by atoms with Crippen LogP contribution in [0, 0.1) is 5.82 Å². The lowest BCUT2D eigenvalue weighted by molar-refractivity contribution is 0.623. The monoisotopic (exact) mass is 311 g/mol. The second-order valence-electron chi connectivity index (χ2n) is 5.50. The van der Waals surface area contributed by atoms with Crippen molar-refractivity contribution in [1.29, 1.82) is 0 Å². The van der Waals surface area contributed by atoms with E-state index < -0.39 is 5.82 Å². The summed E-state index contributed by atoms with van der Waals surface area (Å²) in [6.07, 6.45) is 6.11. The molecule has 0 aliphatic carbocycles. The molecule has 0 radical (unpaired) electrons. The fraction of sp³-hybridized carbons (Fsp3) is 0.294. The summed E-state index contributed by atoms with van der Waals surface area (Å²) < 4.78 is 14.1. The zero-order valence-electron chi connectivity index (χ0n) is 13.4. The molecule has 0 spiro atoms. The summed E-state index contributed by atoms with van der Waals surface area (Å²) >= 11 is 0. The minimum Gasteiger partial charge on any atom is -0.354 e. The minimum absolute atomic E-state index is 0.265. The highest BCUT2D eigenvalue weighted by molar-refractivity contribution is 5.90. The van der Waals surface area contributed by atoms with Gasteiger partial charge in [-0.15, -0.1) is 0 Å². The molecule has 0 saturated carbocycles. The number of rotatable bonds is 4. The number of anilines is 1. The maximum absolute atomic E-state index is 14.1. The van der Waals surface area contributed by atoms with Gasteiger partial charge in [-0.1, -0.05) is 0 Å². The number of fused-ring (bicyclic) bond motifs is 1. The van der Waals surface area contributed by atoms with Crippen molar-refractivity contribution < 1.29 is 4.39 Å². The molecule has 118 valence electrons. The summed E-state index contributed by atoms with van der Waals surface area (Å²) in [5, 5.41) is 0.911. The van der Waals surface area contributed by atoms with E-state index in [2.05, 4.69) is 45.6 Å². The predicted molar refractivity (Wildman–Crippen MR) is 88.7 cm³/mol. The Morgan fingerprint density at radius 3 is 2.52 bits per heavy atom. The Labute approximate surface area is 134 Å². The van der Waals surface area contributed by atoms with Crippen molar-refractivity contribution in [3.05, 3.63) is 42.7 Å². The first-order valence-electron chi connectivity index (χ1n) is 7.60. The maximum atomic E-state index is 14.1. The molecule has 0 fully saturated rings. The maximum Gasteiger partial charge on any atom is 0.165 e. The molecule has 0 saturated heterocycles. The van der Waals surface area contributed by atoms with Gasteiger partial charge in [0, 0.05) is 30.4 Å². The third-order valence-electron chi connectivity index (χ3n) is 3.73. The Kier molecular flexibility index (Phi) is 4.14. The molecule has 0 aliphatic rings. The Morgan fingerprint density at radius 2 is 1.83 bits per heavy atom. The molecule has 0 unspecified atom stereocenters. The SMILES string of the molecule is CCN(c1nc(-c2ccncc2F)nc2cnccc12)C(C)C. The van der Waals surface area contributed by atoms with E-state index in [4.69, 9.17) is 0 Å². The highest BCUT2D eigenvalue weighted by Gasteiger charge is 2.18. The van der Waals surface area contributed by atoms with Crippen LogP contribution in [0.4, 0.5) is 10.2 Å². The lowest BCUT2D eigenvalue weighted by Crippen LogP contribution is -2.31. The third kappa shape index (κ3) is 2.84. The van der Waals surface area contributed by atoms with E-state index in [1.807, 2.05) is 6.07 Å². The number of halogens is 1. The smallest absolute Gasteiger partial charge is 0.165 e. The summed E-state index contributed by atoms with van der Waals surface area (Å²) in [6.45, 7) is 7.07. The van der Waals surface area contributed by atoms with Crippen molar-refractivity contribution in [3.63, 3.8) is 0 Å². The van der Waals surface area contributed by atoms with E-state index in [0.717, 1.165) is 17.7 Å². The molecule has 3 heterocycles. The van der Waals surface area contributed by atoms with Crippen LogP contribution in [0.2, 0.25) is 0 Å². The molecule has 0 aliphatic heterocycles. The highest BCUT2D eigenvalue weighted by Crippen LogP contribution is 2.28. The summed E-state index contributed by atoms with van der Waals surface area (Å²) in [5.74, 6) is 0.704. The molecular weight excluding hydrogens is 293 g/mol. The van der Waals surface area contributed by atoms with Crippen molar-refractivity contribution in [2.75, 3.05) is 11.4 Å². The molecule has 23 heavy (non-hydrogen) atoms. The van der Waals surface area contributed by atoms with Gasteiger partial charge in [-0.2, -0.15) is 0 Å². The van der Waals surface area contributed by atoms with Crippen LogP contribution in [0.15, 0.2) is 36.9 Å². The summed E-state index contributed by atoms with van der Waals surface area (Å²) in [7, 11) is 0. The second kappa shape index (κ2) is 6.24. The predicted octanol–water partition coefficient (Wildman–Crippen LogP) is 3.46. The van der Waals surface area contributed by atoms with E-state index in [1.54, 1.807) is 18.5 Å². The summed E-state index contributed by atoms with van der Waals surface area (Å²) in [6, 6.07) is 3.74. The van der Waals surface area contributed by atoms with Crippen LogP contribution in [0.1, 0.15) is 20.8 Å². The number of hydrogen-bond acceptors (Lipinski definition) is 5. The van der Waals surface area contributed by atoms with Gasteiger partial charge in [-0.05, 0) is 32.9 Å². The van der Waals surface area contributed by atoms with E-state index in [-0.39, 0.29) is 6.04 Å². The van der Waals surface area contributed by atoms with E-state index >= 15 is 0 Å². The quantitative estimate of drug-likeness (QED) is 0.738.